The van der Waals surface area contributed by atoms with Crippen LogP contribution in [0.2, 0.25) is 0 Å². The summed E-state index contributed by atoms with van der Waals surface area (Å²) in [5.74, 6) is -2.04. The highest BCUT2D eigenvalue weighted by Gasteiger charge is 2.53. The van der Waals surface area contributed by atoms with E-state index in [-0.39, 0.29) is 37.7 Å². The lowest BCUT2D eigenvalue weighted by atomic mass is 9.97. The average Bonchev–Trinajstić information content (AvgIpc) is 3.21. The highest BCUT2D eigenvalue weighted by Crippen LogP contribution is 2.34. The van der Waals surface area contributed by atoms with Crippen LogP contribution in [0, 0.1) is 0 Å². The second-order valence-electron chi connectivity index (χ2n) is 12.5. The van der Waals surface area contributed by atoms with Crippen molar-refractivity contribution in [3.63, 3.8) is 0 Å². The van der Waals surface area contributed by atoms with E-state index in [1.165, 1.54) is 43.5 Å². The smallest absolute Gasteiger partial charge is 0.468 e. The van der Waals surface area contributed by atoms with Gasteiger partial charge in [-0.05, 0) is 53.1 Å². The molecule has 286 valence electrons. The zero-order valence-corrected chi connectivity index (χ0v) is 29.9. The van der Waals surface area contributed by atoms with E-state index in [1.807, 2.05) is 91.0 Å². The molecular formula is C43H40F3NO8. The van der Waals surface area contributed by atoms with Crippen LogP contribution in [0.1, 0.15) is 27.0 Å². The molecule has 5 aromatic rings. The van der Waals surface area contributed by atoms with Crippen molar-refractivity contribution in [1.29, 1.82) is 0 Å². The lowest BCUT2D eigenvalue weighted by Gasteiger charge is -2.45. The number of halogens is 3. The molecule has 9 nitrogen and oxygen atoms in total. The van der Waals surface area contributed by atoms with Gasteiger partial charge in [-0.25, -0.2) is 9.79 Å². The first-order valence-corrected chi connectivity index (χ1v) is 17.6. The van der Waals surface area contributed by atoms with Gasteiger partial charge in [-0.1, -0.05) is 109 Å². The predicted molar refractivity (Wildman–Crippen MR) is 198 cm³/mol. The van der Waals surface area contributed by atoms with Crippen molar-refractivity contribution < 1.29 is 51.1 Å². The average molecular weight is 756 g/mol. The minimum Gasteiger partial charge on any atom is -0.497 e. The standard InChI is InChI=1S/C43H40F3NO8/c1-49-35-24-22-34(23-25-35)47-42(43(44,45)46)55-41-39(54-40(48)33-20-12-5-13-21-33)38(52-28-32-18-10-4-11-19-32)37(51-27-31-16-8-3-9-17-31)36(53-41)29-50-26-30-14-6-2-7-15-30/h2-25,36-39,41H,26-29H2,1H3/t36-,37+,38+,39-,41+/m1/s1. The molecule has 0 saturated carbocycles. The van der Waals surface area contributed by atoms with Crippen molar-refractivity contribution in [3.8, 4) is 5.75 Å². The first kappa shape index (κ1) is 39.2. The molecule has 0 aliphatic carbocycles. The SMILES string of the molecule is COc1ccc(N=C(O[C@@H]2O[C@H](COCc3ccccc3)[C@H](OCc3ccccc3)[C@H](OCc3ccccc3)[C@H]2OC(=O)c2ccccc2)C(F)(F)F)cc1. The maximum atomic E-state index is 14.8. The monoisotopic (exact) mass is 755 g/mol. The number of carbonyl (C=O) groups excluding carboxylic acids is 1. The van der Waals surface area contributed by atoms with Gasteiger partial charge in [0, 0.05) is 0 Å². The van der Waals surface area contributed by atoms with Gasteiger partial charge in [0.05, 0.1) is 44.8 Å². The van der Waals surface area contributed by atoms with Gasteiger partial charge in [-0.2, -0.15) is 13.2 Å². The third-order valence-electron chi connectivity index (χ3n) is 8.58. The maximum Gasteiger partial charge on any atom is 0.468 e. The van der Waals surface area contributed by atoms with Crippen LogP contribution in [-0.2, 0) is 48.2 Å². The minimum absolute atomic E-state index is 0.00747. The quantitative estimate of drug-likeness (QED) is 0.0596. The van der Waals surface area contributed by atoms with Crippen molar-refractivity contribution >= 4 is 17.6 Å². The Balaban J connectivity index is 1.40. The number of aliphatic imine (C=N–C) groups is 1. The van der Waals surface area contributed by atoms with Gasteiger partial charge in [0.15, 0.2) is 6.10 Å². The lowest BCUT2D eigenvalue weighted by Crippen LogP contribution is -2.62. The molecule has 55 heavy (non-hydrogen) atoms. The molecule has 1 aliphatic heterocycles. The Labute approximate surface area is 317 Å². The Morgan fingerprint density at radius 3 is 1.67 bits per heavy atom. The summed E-state index contributed by atoms with van der Waals surface area (Å²) in [5.41, 5.74) is 2.53. The van der Waals surface area contributed by atoms with E-state index in [1.54, 1.807) is 18.2 Å². The van der Waals surface area contributed by atoms with Crippen LogP contribution in [0.5, 0.6) is 5.75 Å². The molecule has 1 saturated heterocycles. The molecule has 0 spiro atoms. The number of alkyl halides is 3. The number of rotatable bonds is 15. The van der Waals surface area contributed by atoms with Gasteiger partial charge in [-0.15, -0.1) is 0 Å². The van der Waals surface area contributed by atoms with Gasteiger partial charge in [0.1, 0.15) is 24.1 Å². The second-order valence-corrected chi connectivity index (χ2v) is 12.5. The summed E-state index contributed by atoms with van der Waals surface area (Å²) < 4.78 is 86.6. The second kappa shape index (κ2) is 19.2. The number of benzene rings is 5. The molecule has 5 atom stereocenters. The van der Waals surface area contributed by atoms with Gasteiger partial charge in [0.2, 0.25) is 6.29 Å². The fourth-order valence-electron chi connectivity index (χ4n) is 5.83. The molecule has 0 bridgehead atoms. The van der Waals surface area contributed by atoms with Crippen LogP contribution in [-0.4, -0.2) is 62.5 Å². The molecule has 5 aromatic carbocycles. The Bertz CT molecular complexity index is 1930. The number of hydrogen-bond acceptors (Lipinski definition) is 9. The van der Waals surface area contributed by atoms with Crippen molar-refractivity contribution in [2.24, 2.45) is 4.99 Å². The summed E-state index contributed by atoms with van der Waals surface area (Å²) in [6.45, 7) is 0.0986. The first-order chi connectivity index (χ1) is 26.8. The van der Waals surface area contributed by atoms with Crippen LogP contribution in [0.15, 0.2) is 151 Å². The fourth-order valence-corrected chi connectivity index (χ4v) is 5.83. The third-order valence-corrected chi connectivity index (χ3v) is 8.58. The largest absolute Gasteiger partial charge is 0.497 e. The summed E-state index contributed by atoms with van der Waals surface area (Å²) in [4.78, 5) is 17.5. The van der Waals surface area contributed by atoms with Crippen molar-refractivity contribution in [2.45, 2.75) is 56.7 Å². The topological polar surface area (TPSA) is 94.0 Å². The van der Waals surface area contributed by atoms with Crippen LogP contribution in [0.3, 0.4) is 0 Å². The lowest BCUT2D eigenvalue weighted by molar-refractivity contribution is -0.305. The van der Waals surface area contributed by atoms with Gasteiger partial charge >= 0.3 is 12.1 Å². The van der Waals surface area contributed by atoms with Gasteiger partial charge in [-0.3, -0.25) is 0 Å². The van der Waals surface area contributed by atoms with Crippen molar-refractivity contribution in [2.75, 3.05) is 13.7 Å². The Morgan fingerprint density at radius 1 is 0.636 bits per heavy atom. The predicted octanol–water partition coefficient (Wildman–Crippen LogP) is 8.64. The van der Waals surface area contributed by atoms with E-state index < -0.39 is 48.7 Å². The normalized spacial score (nSPS) is 20.1. The number of nitrogens with zero attached hydrogens (tertiary/aromatic N) is 1. The van der Waals surface area contributed by atoms with E-state index in [2.05, 4.69) is 4.99 Å². The summed E-state index contributed by atoms with van der Waals surface area (Å²) in [6, 6.07) is 41.6. The van der Waals surface area contributed by atoms with Crippen molar-refractivity contribution in [3.05, 3.63) is 168 Å². The molecule has 1 fully saturated rings. The summed E-state index contributed by atoms with van der Waals surface area (Å²) in [6.07, 6.45) is -11.9. The molecule has 6 rings (SSSR count). The van der Waals surface area contributed by atoms with Crippen LogP contribution in [0.25, 0.3) is 0 Å². The molecule has 0 aromatic heterocycles. The van der Waals surface area contributed by atoms with E-state index in [9.17, 15) is 18.0 Å². The number of hydrogen-bond donors (Lipinski definition) is 0. The van der Waals surface area contributed by atoms with Crippen LogP contribution >= 0.6 is 0 Å². The molecule has 0 radical (unpaired) electrons. The zero-order valence-electron chi connectivity index (χ0n) is 29.9. The number of ether oxygens (including phenoxy) is 7. The summed E-state index contributed by atoms with van der Waals surface area (Å²) >= 11 is 0. The zero-order chi connectivity index (χ0) is 38.5. The minimum atomic E-state index is -5.09. The van der Waals surface area contributed by atoms with Crippen molar-refractivity contribution in [1.82, 2.24) is 0 Å². The molecule has 0 unspecified atom stereocenters. The summed E-state index contributed by atoms with van der Waals surface area (Å²) in [7, 11) is 1.44. The number of esters is 1. The summed E-state index contributed by atoms with van der Waals surface area (Å²) in [5, 5.41) is 0. The Hall–Kier alpha value is -5.53. The number of carbonyl (C=O) groups is 1. The highest BCUT2D eigenvalue weighted by molar-refractivity contribution is 5.89. The van der Waals surface area contributed by atoms with Crippen LogP contribution < -0.4 is 4.74 Å². The van der Waals surface area contributed by atoms with Crippen LogP contribution in [0.4, 0.5) is 18.9 Å². The van der Waals surface area contributed by atoms with Gasteiger partial charge in [0.25, 0.3) is 5.90 Å². The van der Waals surface area contributed by atoms with E-state index in [0.717, 1.165) is 16.7 Å². The molecule has 0 N–H and O–H groups in total. The Morgan fingerprint density at radius 2 is 1.15 bits per heavy atom. The van der Waals surface area contributed by atoms with E-state index in [4.69, 9.17) is 33.2 Å². The highest BCUT2D eigenvalue weighted by atomic mass is 19.4. The molecule has 1 aliphatic rings. The molecule has 1 heterocycles. The van der Waals surface area contributed by atoms with E-state index >= 15 is 0 Å². The Kier molecular flexibility index (Phi) is 13.7. The third kappa shape index (κ3) is 11.2. The van der Waals surface area contributed by atoms with Gasteiger partial charge < -0.3 is 33.2 Å². The molecule has 12 heteroatoms. The maximum absolute atomic E-state index is 14.8. The molecule has 0 amide bonds. The van der Waals surface area contributed by atoms with E-state index in [0.29, 0.717) is 5.75 Å². The fraction of sp³-hybridized carbons (Fsp3) is 0.256. The first-order valence-electron chi connectivity index (χ1n) is 17.6. The number of methoxy groups -OCH3 is 1. The molecular weight excluding hydrogens is 715 g/mol.